The first-order valence-electron chi connectivity index (χ1n) is 5.86. The van der Waals surface area contributed by atoms with E-state index in [4.69, 9.17) is 0 Å². The predicted octanol–water partition coefficient (Wildman–Crippen LogP) is -0.809. The third-order valence-corrected chi connectivity index (χ3v) is 3.06. The first-order valence-corrected chi connectivity index (χ1v) is 5.86. The van der Waals surface area contributed by atoms with Gasteiger partial charge in [-0.25, -0.2) is 0 Å². The number of nitrogens with zero attached hydrogens (tertiary/aromatic N) is 1. The molecule has 0 aromatic heterocycles. The van der Waals surface area contributed by atoms with Crippen LogP contribution in [0.3, 0.4) is 0 Å². The van der Waals surface area contributed by atoms with E-state index in [-0.39, 0.29) is 0 Å². The second-order valence-electron chi connectivity index (χ2n) is 4.17. The van der Waals surface area contributed by atoms with E-state index in [0.717, 1.165) is 26.2 Å². The van der Waals surface area contributed by atoms with Crippen molar-refractivity contribution in [3.63, 3.8) is 0 Å². The third kappa shape index (κ3) is 2.92. The van der Waals surface area contributed by atoms with Gasteiger partial charge in [-0.1, -0.05) is 0 Å². The molecule has 2 saturated heterocycles. The predicted molar refractivity (Wildman–Crippen MR) is 58.3 cm³/mol. The van der Waals surface area contributed by atoms with Gasteiger partial charge in [0.15, 0.2) is 0 Å². The Labute approximate surface area is 86.4 Å². The maximum absolute atomic E-state index is 3.61. The van der Waals surface area contributed by atoms with Gasteiger partial charge in [0.2, 0.25) is 0 Å². The molecule has 3 N–H and O–H groups in total. The summed E-state index contributed by atoms with van der Waals surface area (Å²) in [7, 11) is 0. The molecule has 2 heterocycles. The van der Waals surface area contributed by atoms with Gasteiger partial charge in [-0.05, 0) is 32.5 Å². The van der Waals surface area contributed by atoms with Crippen LogP contribution in [-0.4, -0.2) is 56.9 Å². The van der Waals surface area contributed by atoms with Crippen molar-refractivity contribution in [3.8, 4) is 0 Å². The first-order chi connectivity index (χ1) is 6.97. The molecule has 0 amide bonds. The first kappa shape index (κ1) is 10.4. The smallest absolute Gasteiger partial charge is 0.0726 e. The molecule has 0 aromatic carbocycles. The Hall–Kier alpha value is -0.160. The molecule has 0 aliphatic carbocycles. The zero-order valence-corrected chi connectivity index (χ0v) is 8.89. The number of hydrogen-bond donors (Lipinski definition) is 3. The highest BCUT2D eigenvalue weighted by Crippen LogP contribution is 2.01. The topological polar surface area (TPSA) is 39.3 Å². The summed E-state index contributed by atoms with van der Waals surface area (Å²) in [5.41, 5.74) is 0. The maximum atomic E-state index is 3.61. The largest absolute Gasteiger partial charge is 0.315 e. The van der Waals surface area contributed by atoms with Gasteiger partial charge in [-0.3, -0.25) is 4.90 Å². The summed E-state index contributed by atoms with van der Waals surface area (Å²) < 4.78 is 0. The van der Waals surface area contributed by atoms with E-state index in [2.05, 4.69) is 20.9 Å². The Morgan fingerprint density at radius 1 is 0.857 bits per heavy atom. The van der Waals surface area contributed by atoms with Crippen molar-refractivity contribution >= 4 is 0 Å². The van der Waals surface area contributed by atoms with E-state index >= 15 is 0 Å². The van der Waals surface area contributed by atoms with Crippen molar-refractivity contribution < 1.29 is 0 Å². The lowest BCUT2D eigenvalue weighted by Crippen LogP contribution is -2.50. The lowest BCUT2D eigenvalue weighted by atomic mass is 10.3. The molecule has 14 heavy (non-hydrogen) atoms. The summed E-state index contributed by atoms with van der Waals surface area (Å²) in [4.78, 5) is 2.57. The van der Waals surface area contributed by atoms with Gasteiger partial charge in [0.05, 0.1) is 6.17 Å². The third-order valence-electron chi connectivity index (χ3n) is 3.06. The van der Waals surface area contributed by atoms with Crippen LogP contribution in [0.5, 0.6) is 0 Å². The van der Waals surface area contributed by atoms with Gasteiger partial charge in [-0.2, -0.15) is 0 Å². The fourth-order valence-corrected chi connectivity index (χ4v) is 2.23. The quantitative estimate of drug-likeness (QED) is 0.515. The number of rotatable bonds is 1. The minimum Gasteiger partial charge on any atom is -0.315 e. The van der Waals surface area contributed by atoms with Crippen molar-refractivity contribution in [2.45, 2.75) is 19.0 Å². The Morgan fingerprint density at radius 2 is 1.79 bits per heavy atom. The zero-order valence-electron chi connectivity index (χ0n) is 8.89. The van der Waals surface area contributed by atoms with Crippen molar-refractivity contribution in [2.75, 3.05) is 45.8 Å². The summed E-state index contributed by atoms with van der Waals surface area (Å²) in [6.45, 7) is 8.14. The van der Waals surface area contributed by atoms with Gasteiger partial charge < -0.3 is 16.0 Å². The van der Waals surface area contributed by atoms with Crippen LogP contribution in [0.15, 0.2) is 0 Å². The van der Waals surface area contributed by atoms with Crippen molar-refractivity contribution in [3.05, 3.63) is 0 Å². The molecule has 4 heteroatoms. The molecule has 2 fully saturated rings. The van der Waals surface area contributed by atoms with Gasteiger partial charge in [0.25, 0.3) is 0 Å². The average molecular weight is 198 g/mol. The minimum absolute atomic E-state index is 0.553. The van der Waals surface area contributed by atoms with Crippen molar-refractivity contribution in [1.29, 1.82) is 0 Å². The second-order valence-corrected chi connectivity index (χ2v) is 4.17. The van der Waals surface area contributed by atoms with E-state index in [1.165, 1.54) is 32.5 Å². The SMILES string of the molecule is C1CNCC(N2CCCNCC2)NC1. The summed E-state index contributed by atoms with van der Waals surface area (Å²) in [6.07, 6.45) is 3.08. The molecule has 0 saturated carbocycles. The lowest BCUT2D eigenvalue weighted by molar-refractivity contribution is 0.180. The Balaban J connectivity index is 1.83. The highest BCUT2D eigenvalue weighted by Gasteiger charge is 2.19. The maximum Gasteiger partial charge on any atom is 0.0726 e. The molecule has 2 aliphatic rings. The van der Waals surface area contributed by atoms with Crippen LogP contribution in [0.4, 0.5) is 0 Å². The van der Waals surface area contributed by atoms with Crippen LogP contribution in [-0.2, 0) is 0 Å². The molecule has 1 atom stereocenters. The molecule has 82 valence electrons. The normalized spacial score (nSPS) is 32.1. The number of hydrogen-bond acceptors (Lipinski definition) is 4. The van der Waals surface area contributed by atoms with Crippen LogP contribution >= 0.6 is 0 Å². The molecule has 2 aliphatic heterocycles. The molecular formula is C10H22N4. The average Bonchev–Trinajstić information content (AvgIpc) is 2.62. The fraction of sp³-hybridized carbons (Fsp3) is 1.00. The summed E-state index contributed by atoms with van der Waals surface area (Å²) in [5.74, 6) is 0. The Bertz CT molecular complexity index is 128. The summed E-state index contributed by atoms with van der Waals surface area (Å²) >= 11 is 0. The van der Waals surface area contributed by atoms with Gasteiger partial charge >= 0.3 is 0 Å². The molecule has 0 spiro atoms. The van der Waals surface area contributed by atoms with E-state index in [0.29, 0.717) is 6.17 Å². The van der Waals surface area contributed by atoms with Crippen molar-refractivity contribution in [1.82, 2.24) is 20.9 Å². The molecule has 1 unspecified atom stereocenters. The highest BCUT2D eigenvalue weighted by atomic mass is 15.3. The molecule has 4 nitrogen and oxygen atoms in total. The second kappa shape index (κ2) is 5.66. The minimum atomic E-state index is 0.553. The van der Waals surface area contributed by atoms with Gasteiger partial charge in [-0.15, -0.1) is 0 Å². The highest BCUT2D eigenvalue weighted by molar-refractivity contribution is 4.77. The van der Waals surface area contributed by atoms with E-state index in [1.54, 1.807) is 0 Å². The van der Waals surface area contributed by atoms with E-state index in [1.807, 2.05) is 0 Å². The van der Waals surface area contributed by atoms with E-state index in [9.17, 15) is 0 Å². The van der Waals surface area contributed by atoms with Gasteiger partial charge in [0, 0.05) is 26.2 Å². The van der Waals surface area contributed by atoms with Crippen molar-refractivity contribution in [2.24, 2.45) is 0 Å². The number of nitrogens with one attached hydrogen (secondary N) is 3. The molecule has 0 bridgehead atoms. The molecule has 0 radical (unpaired) electrons. The summed E-state index contributed by atoms with van der Waals surface area (Å²) in [5, 5.41) is 10.5. The van der Waals surface area contributed by atoms with Crippen LogP contribution in [0.1, 0.15) is 12.8 Å². The molecular weight excluding hydrogens is 176 g/mol. The summed E-state index contributed by atoms with van der Waals surface area (Å²) in [6, 6.07) is 0. The standard InChI is InChI=1S/C10H22N4/c1-3-12-9-10(13-5-1)14-7-2-4-11-6-8-14/h10-13H,1-9H2. The van der Waals surface area contributed by atoms with E-state index < -0.39 is 0 Å². The Kier molecular flexibility index (Phi) is 4.19. The molecule has 0 aromatic rings. The van der Waals surface area contributed by atoms with Crippen LogP contribution in [0.2, 0.25) is 0 Å². The monoisotopic (exact) mass is 198 g/mol. The fourth-order valence-electron chi connectivity index (χ4n) is 2.23. The zero-order chi connectivity index (χ0) is 9.64. The Morgan fingerprint density at radius 3 is 2.79 bits per heavy atom. The van der Waals surface area contributed by atoms with Crippen LogP contribution in [0.25, 0.3) is 0 Å². The van der Waals surface area contributed by atoms with Gasteiger partial charge in [0.1, 0.15) is 0 Å². The molecule has 2 rings (SSSR count). The lowest BCUT2D eigenvalue weighted by Gasteiger charge is -2.29. The van der Waals surface area contributed by atoms with Crippen LogP contribution in [0, 0.1) is 0 Å². The van der Waals surface area contributed by atoms with Crippen LogP contribution < -0.4 is 16.0 Å².